The molecule has 0 heterocycles. The normalized spacial score (nSPS) is 13.5. The lowest BCUT2D eigenvalue weighted by Crippen LogP contribution is -2.33. The van der Waals surface area contributed by atoms with E-state index in [4.69, 9.17) is 4.74 Å². The number of methoxy groups -OCH3 is 1. The van der Waals surface area contributed by atoms with Gasteiger partial charge in [0.15, 0.2) is 0 Å². The molecule has 0 aromatic heterocycles. The number of nitrogens with zero attached hydrogens (tertiary/aromatic N) is 2. The van der Waals surface area contributed by atoms with Crippen LogP contribution in [0.5, 0.6) is 0 Å². The molecule has 0 bridgehead atoms. The van der Waals surface area contributed by atoms with Crippen LogP contribution in [0.15, 0.2) is 29.2 Å². The standard InChI is InChI=1S/C13H22N2O4S/c1-14(2)20(17,18)13-8-6-5-7-12(13)15(3)9-11(16)10-19-4/h5-8,11,16H,9-10H2,1-4H3. The third-order valence-corrected chi connectivity index (χ3v) is 4.74. The number of aliphatic hydroxyl groups is 1. The van der Waals surface area contributed by atoms with Gasteiger partial charge in [-0.3, -0.25) is 0 Å². The predicted molar refractivity (Wildman–Crippen MR) is 78.5 cm³/mol. The van der Waals surface area contributed by atoms with Gasteiger partial charge in [-0.05, 0) is 12.1 Å². The number of likely N-dealkylation sites (N-methyl/N-ethyl adjacent to an activating group) is 1. The summed E-state index contributed by atoms with van der Waals surface area (Å²) in [5, 5.41) is 9.76. The Balaban J connectivity index is 3.08. The van der Waals surface area contributed by atoms with Gasteiger partial charge in [0.1, 0.15) is 4.90 Å². The van der Waals surface area contributed by atoms with Gasteiger partial charge in [-0.15, -0.1) is 0 Å². The minimum Gasteiger partial charge on any atom is -0.389 e. The van der Waals surface area contributed by atoms with Crippen molar-refractivity contribution in [3.05, 3.63) is 24.3 Å². The van der Waals surface area contributed by atoms with Gasteiger partial charge in [-0.2, -0.15) is 0 Å². The largest absolute Gasteiger partial charge is 0.389 e. The van der Waals surface area contributed by atoms with E-state index in [1.54, 1.807) is 36.2 Å². The van der Waals surface area contributed by atoms with Crippen LogP contribution in [0.3, 0.4) is 0 Å². The molecule has 0 radical (unpaired) electrons. The van der Waals surface area contributed by atoms with Crippen molar-refractivity contribution >= 4 is 15.7 Å². The van der Waals surface area contributed by atoms with Crippen molar-refractivity contribution in [2.24, 2.45) is 0 Å². The molecular formula is C13H22N2O4S. The van der Waals surface area contributed by atoms with Crippen LogP contribution >= 0.6 is 0 Å². The van der Waals surface area contributed by atoms with E-state index in [0.29, 0.717) is 5.69 Å². The van der Waals surface area contributed by atoms with Gasteiger partial charge in [0, 0.05) is 34.8 Å². The Morgan fingerprint density at radius 3 is 2.40 bits per heavy atom. The third-order valence-electron chi connectivity index (χ3n) is 2.88. The molecule has 0 aliphatic heterocycles. The van der Waals surface area contributed by atoms with Crippen molar-refractivity contribution in [1.29, 1.82) is 0 Å². The Kier molecular flexibility index (Phi) is 5.94. The molecule has 0 aliphatic rings. The zero-order chi connectivity index (χ0) is 15.3. The summed E-state index contributed by atoms with van der Waals surface area (Å²) in [4.78, 5) is 1.93. The molecule has 0 spiro atoms. The zero-order valence-electron chi connectivity index (χ0n) is 12.3. The first-order chi connectivity index (χ1) is 9.30. The first-order valence-electron chi connectivity index (χ1n) is 6.20. The monoisotopic (exact) mass is 302 g/mol. The number of anilines is 1. The summed E-state index contributed by atoms with van der Waals surface area (Å²) in [6.07, 6.45) is -0.680. The van der Waals surface area contributed by atoms with Gasteiger partial charge in [0.25, 0.3) is 0 Å². The highest BCUT2D eigenvalue weighted by molar-refractivity contribution is 7.89. The topological polar surface area (TPSA) is 70.1 Å². The third kappa shape index (κ3) is 3.92. The summed E-state index contributed by atoms with van der Waals surface area (Å²) in [6.45, 7) is 0.487. The summed E-state index contributed by atoms with van der Waals surface area (Å²) in [6, 6.07) is 6.72. The van der Waals surface area contributed by atoms with E-state index in [0.717, 1.165) is 0 Å². The Hall–Kier alpha value is -1.15. The second kappa shape index (κ2) is 7.03. The summed E-state index contributed by atoms with van der Waals surface area (Å²) in [5.41, 5.74) is 0.552. The van der Waals surface area contributed by atoms with Crippen LogP contribution in [0.2, 0.25) is 0 Å². The maximum Gasteiger partial charge on any atom is 0.244 e. The molecular weight excluding hydrogens is 280 g/mol. The quantitative estimate of drug-likeness (QED) is 0.788. The maximum atomic E-state index is 12.3. The average molecular weight is 302 g/mol. The number of aliphatic hydroxyl groups excluding tert-OH is 1. The van der Waals surface area contributed by atoms with Crippen LogP contribution in [0.25, 0.3) is 0 Å². The number of hydrogen-bond acceptors (Lipinski definition) is 5. The van der Waals surface area contributed by atoms with Crippen molar-refractivity contribution < 1.29 is 18.3 Å². The fraction of sp³-hybridized carbons (Fsp3) is 0.538. The number of rotatable bonds is 7. The smallest absolute Gasteiger partial charge is 0.244 e. The van der Waals surface area contributed by atoms with Gasteiger partial charge in [-0.25, -0.2) is 12.7 Å². The van der Waals surface area contributed by atoms with Crippen molar-refractivity contribution in [1.82, 2.24) is 4.31 Å². The van der Waals surface area contributed by atoms with E-state index < -0.39 is 16.1 Å². The molecule has 1 rings (SSSR count). The summed E-state index contributed by atoms with van der Waals surface area (Å²) in [7, 11) is 2.71. The average Bonchev–Trinajstić information content (AvgIpc) is 2.38. The highest BCUT2D eigenvalue weighted by Crippen LogP contribution is 2.26. The first kappa shape index (κ1) is 16.9. The lowest BCUT2D eigenvalue weighted by Gasteiger charge is -2.25. The molecule has 7 heteroatoms. The summed E-state index contributed by atoms with van der Waals surface area (Å²) in [5.74, 6) is 0. The van der Waals surface area contributed by atoms with Gasteiger partial charge in [0.2, 0.25) is 10.0 Å². The van der Waals surface area contributed by atoms with Gasteiger partial charge in [-0.1, -0.05) is 12.1 Å². The molecule has 114 valence electrons. The molecule has 0 fully saturated rings. The van der Waals surface area contributed by atoms with Crippen molar-refractivity contribution in [3.63, 3.8) is 0 Å². The Labute approximate surface area is 120 Å². The van der Waals surface area contributed by atoms with E-state index in [2.05, 4.69) is 0 Å². The molecule has 1 N–H and O–H groups in total. The van der Waals surface area contributed by atoms with E-state index in [9.17, 15) is 13.5 Å². The molecule has 6 nitrogen and oxygen atoms in total. The number of ether oxygens (including phenoxy) is 1. The lowest BCUT2D eigenvalue weighted by molar-refractivity contribution is 0.0694. The fourth-order valence-electron chi connectivity index (χ4n) is 1.85. The zero-order valence-corrected chi connectivity index (χ0v) is 13.1. The van der Waals surface area contributed by atoms with Crippen LogP contribution in [0.1, 0.15) is 0 Å². The predicted octanol–water partition coefficient (Wildman–Crippen LogP) is 0.380. The van der Waals surface area contributed by atoms with E-state index in [-0.39, 0.29) is 18.0 Å². The molecule has 1 aromatic carbocycles. The van der Waals surface area contributed by atoms with Crippen LogP contribution in [-0.4, -0.2) is 65.3 Å². The molecule has 0 saturated carbocycles. The fourth-order valence-corrected chi connectivity index (χ4v) is 2.98. The molecule has 1 aromatic rings. The van der Waals surface area contributed by atoms with Crippen molar-refractivity contribution in [2.75, 3.05) is 46.3 Å². The van der Waals surface area contributed by atoms with E-state index in [1.807, 2.05) is 0 Å². The van der Waals surface area contributed by atoms with Crippen molar-refractivity contribution in [3.8, 4) is 0 Å². The maximum absolute atomic E-state index is 12.3. The van der Waals surface area contributed by atoms with Crippen LogP contribution in [0, 0.1) is 0 Å². The first-order valence-corrected chi connectivity index (χ1v) is 7.64. The minimum absolute atomic E-state index is 0.201. The van der Waals surface area contributed by atoms with Gasteiger partial charge >= 0.3 is 0 Å². The van der Waals surface area contributed by atoms with E-state index in [1.165, 1.54) is 25.5 Å². The van der Waals surface area contributed by atoms with Crippen LogP contribution in [-0.2, 0) is 14.8 Å². The Morgan fingerprint density at radius 1 is 1.25 bits per heavy atom. The number of para-hydroxylation sites is 1. The minimum atomic E-state index is -3.52. The number of benzene rings is 1. The molecule has 1 atom stereocenters. The second-order valence-corrected chi connectivity index (χ2v) is 6.87. The van der Waals surface area contributed by atoms with Gasteiger partial charge < -0.3 is 14.7 Å². The van der Waals surface area contributed by atoms with Crippen LogP contribution in [0.4, 0.5) is 5.69 Å². The Bertz CT molecular complexity index is 531. The number of hydrogen-bond donors (Lipinski definition) is 1. The molecule has 0 amide bonds. The summed E-state index contributed by atoms with van der Waals surface area (Å²) < 4.78 is 30.6. The molecule has 1 unspecified atom stereocenters. The molecule has 0 saturated heterocycles. The second-order valence-electron chi connectivity index (χ2n) is 4.74. The Morgan fingerprint density at radius 2 is 1.85 bits per heavy atom. The highest BCUT2D eigenvalue weighted by atomic mass is 32.2. The van der Waals surface area contributed by atoms with Gasteiger partial charge in [0.05, 0.1) is 18.4 Å². The van der Waals surface area contributed by atoms with E-state index >= 15 is 0 Å². The van der Waals surface area contributed by atoms with Crippen LogP contribution < -0.4 is 4.90 Å². The molecule has 0 aliphatic carbocycles. The molecule has 20 heavy (non-hydrogen) atoms. The highest BCUT2D eigenvalue weighted by Gasteiger charge is 2.23. The SMILES string of the molecule is COCC(O)CN(C)c1ccccc1S(=O)(=O)N(C)C. The lowest BCUT2D eigenvalue weighted by atomic mass is 10.2. The number of sulfonamides is 1. The van der Waals surface area contributed by atoms with Crippen molar-refractivity contribution in [2.45, 2.75) is 11.0 Å². The summed E-state index contributed by atoms with van der Waals surface area (Å²) >= 11 is 0.